The number of aliphatic hydroxyl groups is 1. The molecule has 0 heterocycles. The summed E-state index contributed by atoms with van der Waals surface area (Å²) in [4.78, 5) is 0. The molecule has 0 spiro atoms. The van der Waals surface area contributed by atoms with Crippen LogP contribution in [0.1, 0.15) is 50.2 Å². The molecule has 1 aliphatic rings. The molecule has 1 aromatic carbocycles. The van der Waals surface area contributed by atoms with E-state index in [0.717, 1.165) is 32.4 Å². The summed E-state index contributed by atoms with van der Waals surface area (Å²) in [6.45, 7) is 3.75. The van der Waals surface area contributed by atoms with E-state index in [1.807, 2.05) is 0 Å². The Morgan fingerprint density at radius 2 is 1.67 bits per heavy atom. The Morgan fingerprint density at radius 3 is 2.28 bits per heavy atom. The fourth-order valence-electron chi connectivity index (χ4n) is 2.72. The number of nitrogens with one attached hydrogen (secondary N) is 1. The van der Waals surface area contributed by atoms with E-state index in [9.17, 15) is 5.11 Å². The summed E-state index contributed by atoms with van der Waals surface area (Å²) in [5.74, 6) is 0. The molecular weight excluding hydrogens is 222 g/mol. The SMILES string of the molecule is CCc1ccc(CNCC2(O)CCCCC2)cc1. The van der Waals surface area contributed by atoms with Gasteiger partial charge in [0, 0.05) is 13.1 Å². The highest BCUT2D eigenvalue weighted by Gasteiger charge is 2.28. The van der Waals surface area contributed by atoms with E-state index in [-0.39, 0.29) is 0 Å². The lowest BCUT2D eigenvalue weighted by Gasteiger charge is -2.32. The molecule has 1 aromatic rings. The molecule has 1 fully saturated rings. The lowest BCUT2D eigenvalue weighted by Crippen LogP contribution is -2.41. The maximum atomic E-state index is 10.4. The highest BCUT2D eigenvalue weighted by atomic mass is 16.3. The van der Waals surface area contributed by atoms with Crippen molar-refractivity contribution in [2.24, 2.45) is 0 Å². The van der Waals surface area contributed by atoms with Crippen LogP contribution in [0.2, 0.25) is 0 Å². The molecule has 2 nitrogen and oxygen atoms in total. The predicted molar refractivity (Wildman–Crippen MR) is 75.6 cm³/mol. The Balaban J connectivity index is 1.77. The third-order valence-electron chi connectivity index (χ3n) is 4.00. The van der Waals surface area contributed by atoms with Gasteiger partial charge in [0.15, 0.2) is 0 Å². The van der Waals surface area contributed by atoms with E-state index < -0.39 is 5.60 Å². The monoisotopic (exact) mass is 247 g/mol. The second-order valence-electron chi connectivity index (χ2n) is 5.56. The van der Waals surface area contributed by atoms with Gasteiger partial charge in [-0.05, 0) is 30.4 Å². The van der Waals surface area contributed by atoms with Crippen molar-refractivity contribution >= 4 is 0 Å². The van der Waals surface area contributed by atoms with E-state index in [2.05, 4.69) is 36.5 Å². The van der Waals surface area contributed by atoms with Crippen LogP contribution in [0.3, 0.4) is 0 Å². The molecule has 2 N–H and O–H groups in total. The fraction of sp³-hybridized carbons (Fsp3) is 0.625. The fourth-order valence-corrected chi connectivity index (χ4v) is 2.72. The predicted octanol–water partition coefficient (Wildman–Crippen LogP) is 3.03. The van der Waals surface area contributed by atoms with Gasteiger partial charge in [-0.15, -0.1) is 0 Å². The molecule has 2 rings (SSSR count). The second-order valence-corrected chi connectivity index (χ2v) is 5.56. The van der Waals surface area contributed by atoms with Crippen molar-refractivity contribution in [3.8, 4) is 0 Å². The zero-order valence-corrected chi connectivity index (χ0v) is 11.4. The van der Waals surface area contributed by atoms with Crippen molar-refractivity contribution in [2.75, 3.05) is 6.54 Å². The van der Waals surface area contributed by atoms with Gasteiger partial charge in [0.1, 0.15) is 0 Å². The van der Waals surface area contributed by atoms with Crippen LogP contribution in [0.15, 0.2) is 24.3 Å². The zero-order valence-electron chi connectivity index (χ0n) is 11.4. The molecule has 0 amide bonds. The van der Waals surface area contributed by atoms with Crippen LogP contribution >= 0.6 is 0 Å². The molecule has 1 saturated carbocycles. The highest BCUT2D eigenvalue weighted by molar-refractivity contribution is 5.22. The molecule has 2 heteroatoms. The van der Waals surface area contributed by atoms with Crippen LogP contribution in [0.25, 0.3) is 0 Å². The molecule has 18 heavy (non-hydrogen) atoms. The number of hydrogen-bond donors (Lipinski definition) is 2. The average Bonchev–Trinajstić information content (AvgIpc) is 2.40. The van der Waals surface area contributed by atoms with Crippen LogP contribution < -0.4 is 5.32 Å². The van der Waals surface area contributed by atoms with Crippen molar-refractivity contribution < 1.29 is 5.11 Å². The maximum Gasteiger partial charge on any atom is 0.0771 e. The summed E-state index contributed by atoms with van der Waals surface area (Å²) in [7, 11) is 0. The summed E-state index contributed by atoms with van der Waals surface area (Å²) in [6.07, 6.45) is 6.62. The molecule has 0 aromatic heterocycles. The standard InChI is InChI=1S/C16H25NO/c1-2-14-6-8-15(9-7-14)12-17-13-16(18)10-4-3-5-11-16/h6-9,17-18H,2-5,10-13H2,1H3. The van der Waals surface area contributed by atoms with Crippen molar-refractivity contribution in [3.05, 3.63) is 35.4 Å². The van der Waals surface area contributed by atoms with E-state index >= 15 is 0 Å². The molecule has 1 aliphatic carbocycles. The summed E-state index contributed by atoms with van der Waals surface area (Å²) in [5, 5.41) is 13.8. The van der Waals surface area contributed by atoms with E-state index in [1.54, 1.807) is 0 Å². The van der Waals surface area contributed by atoms with E-state index in [0.29, 0.717) is 0 Å². The van der Waals surface area contributed by atoms with Crippen LogP contribution in [0, 0.1) is 0 Å². The van der Waals surface area contributed by atoms with Crippen LogP contribution in [0.5, 0.6) is 0 Å². The van der Waals surface area contributed by atoms with Gasteiger partial charge >= 0.3 is 0 Å². The lowest BCUT2D eigenvalue weighted by molar-refractivity contribution is 0.00468. The van der Waals surface area contributed by atoms with Crippen LogP contribution in [-0.2, 0) is 13.0 Å². The molecule has 0 radical (unpaired) electrons. The molecular formula is C16H25NO. The Kier molecular flexibility index (Phi) is 4.79. The van der Waals surface area contributed by atoms with Gasteiger partial charge in [-0.1, -0.05) is 50.5 Å². The van der Waals surface area contributed by atoms with Gasteiger partial charge in [-0.25, -0.2) is 0 Å². The third-order valence-corrected chi connectivity index (χ3v) is 4.00. The van der Waals surface area contributed by atoms with Gasteiger partial charge in [0.25, 0.3) is 0 Å². The molecule has 0 saturated heterocycles. The zero-order chi connectivity index (χ0) is 12.8. The molecule has 0 unspecified atom stereocenters. The Labute approximate surface area is 110 Å². The van der Waals surface area contributed by atoms with Crippen LogP contribution in [-0.4, -0.2) is 17.3 Å². The number of rotatable bonds is 5. The normalized spacial score (nSPS) is 18.8. The first-order chi connectivity index (χ1) is 8.72. The minimum Gasteiger partial charge on any atom is -0.389 e. The minimum absolute atomic E-state index is 0.457. The summed E-state index contributed by atoms with van der Waals surface area (Å²) >= 11 is 0. The molecule has 0 bridgehead atoms. The van der Waals surface area contributed by atoms with Crippen LogP contribution in [0.4, 0.5) is 0 Å². The molecule has 100 valence electrons. The first-order valence-corrected chi connectivity index (χ1v) is 7.23. The van der Waals surface area contributed by atoms with Crippen molar-refractivity contribution in [1.82, 2.24) is 5.32 Å². The van der Waals surface area contributed by atoms with Gasteiger partial charge in [-0.2, -0.15) is 0 Å². The summed E-state index contributed by atoms with van der Waals surface area (Å²) in [5.41, 5.74) is 2.22. The highest BCUT2D eigenvalue weighted by Crippen LogP contribution is 2.27. The Bertz CT molecular complexity index is 352. The third kappa shape index (κ3) is 3.82. The first-order valence-electron chi connectivity index (χ1n) is 7.23. The number of aryl methyl sites for hydroxylation is 1. The van der Waals surface area contributed by atoms with E-state index in [4.69, 9.17) is 0 Å². The minimum atomic E-state index is -0.457. The smallest absolute Gasteiger partial charge is 0.0771 e. The van der Waals surface area contributed by atoms with Crippen molar-refractivity contribution in [2.45, 2.75) is 57.6 Å². The number of hydrogen-bond acceptors (Lipinski definition) is 2. The first kappa shape index (κ1) is 13.6. The molecule has 0 aliphatic heterocycles. The largest absolute Gasteiger partial charge is 0.389 e. The molecule has 0 atom stereocenters. The topological polar surface area (TPSA) is 32.3 Å². The lowest BCUT2D eigenvalue weighted by atomic mass is 9.85. The quantitative estimate of drug-likeness (QED) is 0.838. The van der Waals surface area contributed by atoms with E-state index in [1.165, 1.54) is 30.4 Å². The van der Waals surface area contributed by atoms with Crippen molar-refractivity contribution in [3.63, 3.8) is 0 Å². The van der Waals surface area contributed by atoms with Gasteiger partial charge in [-0.3, -0.25) is 0 Å². The van der Waals surface area contributed by atoms with Gasteiger partial charge in [0.2, 0.25) is 0 Å². The number of benzene rings is 1. The Hall–Kier alpha value is -0.860. The maximum absolute atomic E-state index is 10.4. The van der Waals surface area contributed by atoms with Crippen molar-refractivity contribution in [1.29, 1.82) is 0 Å². The second kappa shape index (κ2) is 6.35. The average molecular weight is 247 g/mol. The summed E-state index contributed by atoms with van der Waals surface area (Å²) in [6, 6.07) is 8.73. The Morgan fingerprint density at radius 1 is 1.06 bits per heavy atom. The van der Waals surface area contributed by atoms with Gasteiger partial charge in [0.05, 0.1) is 5.60 Å². The summed E-state index contributed by atoms with van der Waals surface area (Å²) < 4.78 is 0. The van der Waals surface area contributed by atoms with Gasteiger partial charge < -0.3 is 10.4 Å².